The van der Waals surface area contributed by atoms with E-state index in [0.717, 1.165) is 11.1 Å². The molecular weight excluding hydrogens is 344 g/mol. The van der Waals surface area contributed by atoms with Crippen LogP contribution in [0.3, 0.4) is 0 Å². The molecule has 0 saturated carbocycles. The Morgan fingerprint density at radius 1 is 1.04 bits per heavy atom. The molecule has 2 aromatic carbocycles. The second kappa shape index (κ2) is 6.68. The zero-order chi connectivity index (χ0) is 19.0. The molecule has 0 amide bonds. The molecular formula is C22H16O5. The molecule has 0 bridgehead atoms. The summed E-state index contributed by atoms with van der Waals surface area (Å²) < 4.78 is 10.7. The minimum atomic E-state index is -0.749. The molecule has 0 aromatic heterocycles. The van der Waals surface area contributed by atoms with E-state index in [1.165, 1.54) is 12.2 Å². The molecule has 4 rings (SSSR count). The predicted molar refractivity (Wildman–Crippen MR) is 98.3 cm³/mol. The number of rotatable bonds is 3. The van der Waals surface area contributed by atoms with E-state index in [2.05, 4.69) is 0 Å². The third-order valence-corrected chi connectivity index (χ3v) is 4.60. The van der Waals surface area contributed by atoms with Crippen LogP contribution in [0.2, 0.25) is 0 Å². The fraction of sp³-hybridized carbons (Fsp3) is 0.136. The van der Waals surface area contributed by atoms with E-state index in [1.54, 1.807) is 43.3 Å². The summed E-state index contributed by atoms with van der Waals surface area (Å²) in [5.74, 6) is -1.31. The first-order chi connectivity index (χ1) is 13.1. The van der Waals surface area contributed by atoms with Crippen molar-refractivity contribution in [2.24, 2.45) is 0 Å². The quantitative estimate of drug-likeness (QED) is 0.528. The van der Waals surface area contributed by atoms with E-state index in [9.17, 15) is 14.4 Å². The van der Waals surface area contributed by atoms with Crippen LogP contribution >= 0.6 is 0 Å². The van der Waals surface area contributed by atoms with Gasteiger partial charge in [0.2, 0.25) is 0 Å². The van der Waals surface area contributed by atoms with E-state index >= 15 is 0 Å². The van der Waals surface area contributed by atoms with Gasteiger partial charge < -0.3 is 9.47 Å². The van der Waals surface area contributed by atoms with Crippen LogP contribution in [0, 0.1) is 0 Å². The molecule has 1 aliphatic carbocycles. The molecule has 0 saturated heterocycles. The lowest BCUT2D eigenvalue weighted by Crippen LogP contribution is -2.35. The van der Waals surface area contributed by atoms with Gasteiger partial charge in [0.25, 0.3) is 0 Å². The summed E-state index contributed by atoms with van der Waals surface area (Å²) in [6.07, 6.45) is 4.65. The first-order valence-electron chi connectivity index (χ1n) is 8.60. The zero-order valence-electron chi connectivity index (χ0n) is 14.5. The van der Waals surface area contributed by atoms with E-state index in [0.29, 0.717) is 11.1 Å². The number of ether oxygens (including phenoxy) is 2. The molecule has 1 aliphatic heterocycles. The van der Waals surface area contributed by atoms with E-state index in [1.807, 2.05) is 18.2 Å². The molecule has 2 aliphatic rings. The van der Waals surface area contributed by atoms with Crippen molar-refractivity contribution in [1.29, 1.82) is 0 Å². The smallest absolute Gasteiger partial charge is 0.339 e. The van der Waals surface area contributed by atoms with Gasteiger partial charge in [0.1, 0.15) is 0 Å². The van der Waals surface area contributed by atoms with Crippen molar-refractivity contribution in [1.82, 2.24) is 0 Å². The van der Waals surface area contributed by atoms with Gasteiger partial charge in [0, 0.05) is 17.2 Å². The maximum absolute atomic E-state index is 12.8. The second-order valence-electron chi connectivity index (χ2n) is 6.26. The SMILES string of the molecule is C/C=C/C1OC(=O)C=CC1OC(=O)c1cccc2c1C(=O)c1ccccc1-2. The third kappa shape index (κ3) is 2.87. The molecule has 2 unspecified atom stereocenters. The van der Waals surface area contributed by atoms with Crippen LogP contribution in [-0.2, 0) is 14.3 Å². The fourth-order valence-corrected chi connectivity index (χ4v) is 3.40. The molecule has 0 N–H and O–H groups in total. The number of carbonyl (C=O) groups excluding carboxylic acids is 3. The molecule has 27 heavy (non-hydrogen) atoms. The van der Waals surface area contributed by atoms with Crippen molar-refractivity contribution in [2.45, 2.75) is 19.1 Å². The van der Waals surface area contributed by atoms with Gasteiger partial charge in [0.05, 0.1) is 5.56 Å². The lowest BCUT2D eigenvalue weighted by Gasteiger charge is -2.25. The predicted octanol–water partition coefficient (Wildman–Crippen LogP) is 3.48. The Morgan fingerprint density at radius 2 is 1.78 bits per heavy atom. The highest BCUT2D eigenvalue weighted by Crippen LogP contribution is 2.38. The third-order valence-electron chi connectivity index (χ3n) is 4.60. The Kier molecular flexibility index (Phi) is 4.20. The lowest BCUT2D eigenvalue weighted by molar-refractivity contribution is -0.146. The van der Waals surface area contributed by atoms with Crippen LogP contribution in [-0.4, -0.2) is 29.9 Å². The number of carbonyl (C=O) groups is 3. The van der Waals surface area contributed by atoms with Crippen molar-refractivity contribution in [3.63, 3.8) is 0 Å². The molecule has 0 spiro atoms. The van der Waals surface area contributed by atoms with Crippen LogP contribution in [0.4, 0.5) is 0 Å². The van der Waals surface area contributed by atoms with Crippen molar-refractivity contribution < 1.29 is 23.9 Å². The van der Waals surface area contributed by atoms with Crippen molar-refractivity contribution >= 4 is 17.7 Å². The summed E-state index contributed by atoms with van der Waals surface area (Å²) in [5.41, 5.74) is 2.67. The number of esters is 2. The summed E-state index contributed by atoms with van der Waals surface area (Å²) in [5, 5.41) is 0. The molecule has 0 radical (unpaired) electrons. The van der Waals surface area contributed by atoms with Gasteiger partial charge in [-0.2, -0.15) is 0 Å². The van der Waals surface area contributed by atoms with Crippen LogP contribution in [0.1, 0.15) is 33.2 Å². The lowest BCUT2D eigenvalue weighted by atomic mass is 10.0. The van der Waals surface area contributed by atoms with E-state index in [-0.39, 0.29) is 11.3 Å². The molecule has 5 heteroatoms. The zero-order valence-corrected chi connectivity index (χ0v) is 14.5. The monoisotopic (exact) mass is 360 g/mol. The summed E-state index contributed by atoms with van der Waals surface area (Å²) in [7, 11) is 0. The Balaban J connectivity index is 1.68. The highest BCUT2D eigenvalue weighted by molar-refractivity contribution is 6.25. The summed E-state index contributed by atoms with van der Waals surface area (Å²) in [4.78, 5) is 37.1. The normalized spacial score (nSPS) is 20.3. The van der Waals surface area contributed by atoms with Crippen LogP contribution in [0.5, 0.6) is 0 Å². The minimum absolute atomic E-state index is 0.191. The first-order valence-corrected chi connectivity index (χ1v) is 8.60. The standard InChI is InChI=1S/C22H16O5/c1-2-6-17-18(11-12-19(23)26-17)27-22(25)16-10-5-9-14-13-7-3-4-8-15(13)21(24)20(14)16/h2-12,17-18H,1H3/b6-2+. The summed E-state index contributed by atoms with van der Waals surface area (Å²) in [6, 6.07) is 12.4. The largest absolute Gasteiger partial charge is 0.451 e. The molecule has 2 atom stereocenters. The average molecular weight is 360 g/mol. The van der Waals surface area contributed by atoms with Gasteiger partial charge in [-0.15, -0.1) is 0 Å². The van der Waals surface area contributed by atoms with Gasteiger partial charge >= 0.3 is 11.9 Å². The number of allylic oxidation sites excluding steroid dienone is 1. The number of fused-ring (bicyclic) bond motifs is 3. The number of cyclic esters (lactones) is 1. The highest BCUT2D eigenvalue weighted by atomic mass is 16.6. The Bertz CT molecular complexity index is 1020. The Hall–Kier alpha value is -3.47. The van der Waals surface area contributed by atoms with Gasteiger partial charge in [-0.05, 0) is 36.3 Å². The molecule has 2 aromatic rings. The van der Waals surface area contributed by atoms with E-state index < -0.39 is 24.1 Å². The van der Waals surface area contributed by atoms with Gasteiger partial charge in [-0.1, -0.05) is 42.5 Å². The second-order valence-corrected chi connectivity index (χ2v) is 6.26. The van der Waals surface area contributed by atoms with Gasteiger partial charge in [-0.25, -0.2) is 9.59 Å². The summed E-state index contributed by atoms with van der Waals surface area (Å²) in [6.45, 7) is 1.78. The average Bonchev–Trinajstić information content (AvgIpc) is 2.97. The topological polar surface area (TPSA) is 69.7 Å². The fourth-order valence-electron chi connectivity index (χ4n) is 3.40. The van der Waals surface area contributed by atoms with Crippen molar-refractivity contribution in [3.8, 4) is 11.1 Å². The maximum Gasteiger partial charge on any atom is 0.339 e. The van der Waals surface area contributed by atoms with Gasteiger partial charge in [-0.3, -0.25) is 4.79 Å². The first kappa shape index (κ1) is 17.0. The van der Waals surface area contributed by atoms with E-state index in [4.69, 9.17) is 9.47 Å². The van der Waals surface area contributed by atoms with Crippen LogP contribution < -0.4 is 0 Å². The van der Waals surface area contributed by atoms with Crippen LogP contribution in [0.25, 0.3) is 11.1 Å². The molecule has 1 heterocycles. The molecule has 5 nitrogen and oxygen atoms in total. The number of ketones is 1. The highest BCUT2D eigenvalue weighted by Gasteiger charge is 2.33. The minimum Gasteiger partial charge on any atom is -0.451 e. The number of hydrogen-bond acceptors (Lipinski definition) is 5. The Morgan fingerprint density at radius 3 is 2.56 bits per heavy atom. The number of hydrogen-bond donors (Lipinski definition) is 0. The molecule has 0 fully saturated rings. The van der Waals surface area contributed by atoms with Gasteiger partial charge in [0.15, 0.2) is 18.0 Å². The Labute approximate surface area is 155 Å². The summed E-state index contributed by atoms with van der Waals surface area (Å²) >= 11 is 0. The van der Waals surface area contributed by atoms with Crippen molar-refractivity contribution in [2.75, 3.05) is 0 Å². The number of benzene rings is 2. The van der Waals surface area contributed by atoms with Crippen LogP contribution in [0.15, 0.2) is 66.8 Å². The maximum atomic E-state index is 12.8. The van der Waals surface area contributed by atoms with Crippen molar-refractivity contribution in [3.05, 3.63) is 83.5 Å². The molecule has 134 valence electrons.